The summed E-state index contributed by atoms with van der Waals surface area (Å²) in [5.74, 6) is -0.403. The van der Waals surface area contributed by atoms with Crippen LogP contribution in [0.2, 0.25) is 0 Å². The van der Waals surface area contributed by atoms with Gasteiger partial charge in [0, 0.05) is 17.8 Å². The molecule has 1 rings (SSSR count). The van der Waals surface area contributed by atoms with E-state index in [0.29, 0.717) is 24.2 Å². The van der Waals surface area contributed by atoms with Gasteiger partial charge in [-0.1, -0.05) is 19.4 Å². The van der Waals surface area contributed by atoms with Crippen LogP contribution in [0.15, 0.2) is 24.3 Å². The summed E-state index contributed by atoms with van der Waals surface area (Å²) in [7, 11) is 0. The van der Waals surface area contributed by atoms with Gasteiger partial charge in [0.2, 0.25) is 5.91 Å². The number of anilines is 1. The Morgan fingerprint density at radius 1 is 1.30 bits per heavy atom. The maximum Gasteiger partial charge on any atom is 0.251 e. The van der Waals surface area contributed by atoms with E-state index in [2.05, 4.69) is 10.6 Å². The lowest BCUT2D eigenvalue weighted by molar-refractivity contribution is -0.120. The highest BCUT2D eigenvalue weighted by atomic mass is 16.2. The van der Waals surface area contributed by atoms with Crippen LogP contribution in [-0.2, 0) is 4.79 Å². The van der Waals surface area contributed by atoms with Crippen molar-refractivity contribution in [3.63, 3.8) is 0 Å². The number of nitrogens with two attached hydrogens (primary N) is 1. The van der Waals surface area contributed by atoms with Gasteiger partial charge in [-0.05, 0) is 38.5 Å². The number of amides is 2. The number of carbonyl (C=O) groups is 2. The smallest absolute Gasteiger partial charge is 0.251 e. The molecule has 5 heteroatoms. The van der Waals surface area contributed by atoms with Crippen LogP contribution < -0.4 is 16.4 Å². The van der Waals surface area contributed by atoms with Crippen LogP contribution in [-0.4, -0.2) is 23.9 Å². The maximum atomic E-state index is 12.1. The lowest BCUT2D eigenvalue weighted by Gasteiger charge is -2.22. The molecule has 1 atom stereocenters. The summed E-state index contributed by atoms with van der Waals surface area (Å²) in [4.78, 5) is 23.8. The molecule has 0 aliphatic heterocycles. The molecule has 0 spiro atoms. The van der Waals surface area contributed by atoms with Crippen molar-refractivity contribution in [3.8, 4) is 0 Å². The molecule has 2 amide bonds. The molecule has 0 aliphatic rings. The number of benzene rings is 1. The largest absolute Gasteiger partial charge is 0.352 e. The topological polar surface area (TPSA) is 84.2 Å². The zero-order valence-corrected chi connectivity index (χ0v) is 12.3. The third kappa shape index (κ3) is 4.35. The van der Waals surface area contributed by atoms with Crippen LogP contribution in [0.3, 0.4) is 0 Å². The molecule has 1 aromatic carbocycles. The highest BCUT2D eigenvalue weighted by Crippen LogP contribution is 2.15. The SMILES string of the molecule is CCCC(C)(N)C(=O)Nc1cccc(C(=O)NCC)c1. The van der Waals surface area contributed by atoms with E-state index in [1.165, 1.54) is 0 Å². The highest BCUT2D eigenvalue weighted by molar-refractivity contribution is 6.00. The molecule has 0 aromatic heterocycles. The lowest BCUT2D eigenvalue weighted by Crippen LogP contribution is -2.48. The Balaban J connectivity index is 2.81. The van der Waals surface area contributed by atoms with Gasteiger partial charge in [-0.2, -0.15) is 0 Å². The van der Waals surface area contributed by atoms with Crippen molar-refractivity contribution in [1.29, 1.82) is 0 Å². The highest BCUT2D eigenvalue weighted by Gasteiger charge is 2.27. The molecule has 1 aromatic rings. The Bertz CT molecular complexity index is 484. The summed E-state index contributed by atoms with van der Waals surface area (Å²) in [5.41, 5.74) is 6.15. The van der Waals surface area contributed by atoms with Gasteiger partial charge in [0.15, 0.2) is 0 Å². The van der Waals surface area contributed by atoms with E-state index in [9.17, 15) is 9.59 Å². The lowest BCUT2D eigenvalue weighted by atomic mass is 9.96. The van der Waals surface area contributed by atoms with Crippen LogP contribution >= 0.6 is 0 Å². The molecule has 20 heavy (non-hydrogen) atoms. The summed E-state index contributed by atoms with van der Waals surface area (Å²) in [6.07, 6.45) is 1.44. The standard InChI is InChI=1S/C15H23N3O2/c1-4-9-15(3,16)14(20)18-12-8-6-7-11(10-12)13(19)17-5-2/h6-8,10H,4-5,9,16H2,1-3H3,(H,17,19)(H,18,20). The third-order valence-corrected chi connectivity index (χ3v) is 3.01. The Hall–Kier alpha value is -1.88. The number of nitrogens with one attached hydrogen (secondary N) is 2. The predicted octanol–water partition coefficient (Wildman–Crippen LogP) is 1.89. The van der Waals surface area contributed by atoms with E-state index in [4.69, 9.17) is 5.73 Å². The first-order chi connectivity index (χ1) is 9.40. The fourth-order valence-corrected chi connectivity index (χ4v) is 1.91. The first-order valence-electron chi connectivity index (χ1n) is 6.89. The van der Waals surface area contributed by atoms with Crippen molar-refractivity contribution in [3.05, 3.63) is 29.8 Å². The zero-order chi connectivity index (χ0) is 15.2. The summed E-state index contributed by atoms with van der Waals surface area (Å²) in [6, 6.07) is 6.82. The van der Waals surface area contributed by atoms with Crippen LogP contribution in [0.1, 0.15) is 44.0 Å². The molecule has 110 valence electrons. The van der Waals surface area contributed by atoms with Crippen LogP contribution in [0.4, 0.5) is 5.69 Å². The van der Waals surface area contributed by atoms with Gasteiger partial charge in [-0.25, -0.2) is 0 Å². The number of hydrogen-bond acceptors (Lipinski definition) is 3. The first kappa shape index (κ1) is 16.2. The second-order valence-corrected chi connectivity index (χ2v) is 5.06. The molecule has 0 saturated heterocycles. The fraction of sp³-hybridized carbons (Fsp3) is 0.467. The van der Waals surface area contributed by atoms with Gasteiger partial charge < -0.3 is 16.4 Å². The van der Waals surface area contributed by atoms with Crippen molar-refractivity contribution in [2.75, 3.05) is 11.9 Å². The Labute approximate surface area is 119 Å². The van der Waals surface area contributed by atoms with Gasteiger partial charge in [0.05, 0.1) is 5.54 Å². The monoisotopic (exact) mass is 277 g/mol. The molecular formula is C15H23N3O2. The summed E-state index contributed by atoms with van der Waals surface area (Å²) in [5, 5.41) is 5.48. The van der Waals surface area contributed by atoms with E-state index in [1.54, 1.807) is 31.2 Å². The van der Waals surface area contributed by atoms with Gasteiger partial charge in [-0.3, -0.25) is 9.59 Å². The minimum absolute atomic E-state index is 0.160. The Kier molecular flexibility index (Phi) is 5.70. The van der Waals surface area contributed by atoms with Crippen molar-refractivity contribution < 1.29 is 9.59 Å². The Morgan fingerprint density at radius 3 is 2.60 bits per heavy atom. The second-order valence-electron chi connectivity index (χ2n) is 5.06. The molecule has 0 heterocycles. The van der Waals surface area contributed by atoms with Gasteiger partial charge in [-0.15, -0.1) is 0 Å². The maximum absolute atomic E-state index is 12.1. The summed E-state index contributed by atoms with van der Waals surface area (Å²) >= 11 is 0. The van der Waals surface area contributed by atoms with Crippen molar-refractivity contribution in [2.45, 2.75) is 39.2 Å². The quantitative estimate of drug-likeness (QED) is 0.742. The van der Waals surface area contributed by atoms with Gasteiger partial charge >= 0.3 is 0 Å². The predicted molar refractivity (Wildman–Crippen MR) is 80.6 cm³/mol. The minimum Gasteiger partial charge on any atom is -0.352 e. The van der Waals surface area contributed by atoms with E-state index < -0.39 is 5.54 Å². The fourth-order valence-electron chi connectivity index (χ4n) is 1.91. The van der Waals surface area contributed by atoms with Crippen molar-refractivity contribution in [1.82, 2.24) is 5.32 Å². The van der Waals surface area contributed by atoms with Crippen molar-refractivity contribution >= 4 is 17.5 Å². The van der Waals surface area contributed by atoms with E-state index in [0.717, 1.165) is 6.42 Å². The number of hydrogen-bond donors (Lipinski definition) is 3. The van der Waals surface area contributed by atoms with Crippen molar-refractivity contribution in [2.24, 2.45) is 5.73 Å². The first-order valence-corrected chi connectivity index (χ1v) is 6.89. The van der Waals surface area contributed by atoms with Gasteiger partial charge in [0.1, 0.15) is 0 Å². The molecular weight excluding hydrogens is 254 g/mol. The van der Waals surface area contributed by atoms with E-state index >= 15 is 0 Å². The minimum atomic E-state index is -0.906. The number of rotatable bonds is 6. The molecule has 0 saturated carbocycles. The van der Waals surface area contributed by atoms with E-state index in [1.807, 2.05) is 13.8 Å². The van der Waals surface area contributed by atoms with E-state index in [-0.39, 0.29) is 11.8 Å². The summed E-state index contributed by atoms with van der Waals surface area (Å²) in [6.45, 7) is 6.11. The van der Waals surface area contributed by atoms with Crippen LogP contribution in [0, 0.1) is 0 Å². The molecule has 5 nitrogen and oxygen atoms in total. The van der Waals surface area contributed by atoms with Crippen LogP contribution in [0.5, 0.6) is 0 Å². The normalized spacial score (nSPS) is 13.4. The van der Waals surface area contributed by atoms with Gasteiger partial charge in [0.25, 0.3) is 5.91 Å². The summed E-state index contributed by atoms with van der Waals surface area (Å²) < 4.78 is 0. The number of carbonyl (C=O) groups excluding carboxylic acids is 2. The molecule has 4 N–H and O–H groups in total. The van der Waals surface area contributed by atoms with Crippen LogP contribution in [0.25, 0.3) is 0 Å². The molecule has 0 aliphatic carbocycles. The molecule has 0 fully saturated rings. The zero-order valence-electron chi connectivity index (χ0n) is 12.3. The third-order valence-electron chi connectivity index (χ3n) is 3.01. The average Bonchev–Trinajstić information content (AvgIpc) is 2.39. The Morgan fingerprint density at radius 2 is 2.00 bits per heavy atom. The molecule has 1 unspecified atom stereocenters. The molecule has 0 radical (unpaired) electrons. The second kappa shape index (κ2) is 7.05. The molecule has 0 bridgehead atoms. The average molecular weight is 277 g/mol.